The molecule has 1 aromatic carbocycles. The molecule has 2 amide bonds. The lowest BCUT2D eigenvalue weighted by Crippen LogP contribution is -2.55. The van der Waals surface area contributed by atoms with Crippen LogP contribution >= 0.6 is 0 Å². The number of terminal acetylenes is 1. The molecular formula is C37H54N8O4. The summed E-state index contributed by atoms with van der Waals surface area (Å²) in [6.45, 7) is 8.38. The third-order valence-corrected chi connectivity index (χ3v) is 9.91. The molecular weight excluding hydrogens is 620 g/mol. The highest BCUT2D eigenvalue weighted by molar-refractivity contribution is 6.04. The van der Waals surface area contributed by atoms with Gasteiger partial charge in [0.05, 0.1) is 25.6 Å². The number of likely N-dealkylation sites (tertiary alicyclic amines) is 1. The largest absolute Gasteiger partial charge is 0.495 e. The summed E-state index contributed by atoms with van der Waals surface area (Å²) >= 11 is 0. The third-order valence-electron chi connectivity index (χ3n) is 9.91. The molecule has 3 N–H and O–H groups in total. The first kappa shape index (κ1) is 36.4. The molecule has 49 heavy (non-hydrogen) atoms. The van der Waals surface area contributed by atoms with E-state index in [1.807, 2.05) is 6.07 Å². The Labute approximate surface area is 291 Å². The molecule has 12 heteroatoms. The van der Waals surface area contributed by atoms with Gasteiger partial charge in [-0.2, -0.15) is 4.98 Å². The summed E-state index contributed by atoms with van der Waals surface area (Å²) in [6, 6.07) is 5.58. The van der Waals surface area contributed by atoms with Gasteiger partial charge in [-0.1, -0.05) is 19.8 Å². The highest BCUT2D eigenvalue weighted by Crippen LogP contribution is 2.40. The van der Waals surface area contributed by atoms with Crippen molar-refractivity contribution in [3.63, 3.8) is 0 Å². The summed E-state index contributed by atoms with van der Waals surface area (Å²) in [5.41, 5.74) is 1.93. The summed E-state index contributed by atoms with van der Waals surface area (Å²) in [5, 5.41) is 10.0. The van der Waals surface area contributed by atoms with Crippen molar-refractivity contribution in [2.45, 2.75) is 89.3 Å². The summed E-state index contributed by atoms with van der Waals surface area (Å²) in [4.78, 5) is 42.4. The Hall–Kier alpha value is -3.92. The number of hydrogen-bond donors (Lipinski definition) is 3. The predicted octanol–water partition coefficient (Wildman–Crippen LogP) is 4.34. The van der Waals surface area contributed by atoms with E-state index in [4.69, 9.17) is 20.9 Å². The molecule has 1 aliphatic carbocycles. The standard InChI is InChI=1S/C37H54N8O4/c1-5-7-23-49-24-11-19-38-18-10-20-44-21-16-28(17-22-44)40-35(46)27-14-15-30(33(25-27)48-4)41-37-39-26-32-34(42-37)45(29-12-8-9-13-29)31(6-2)36(47)43(32)3/h1,14-15,25-26,28-29,31,38H,6-13,16-24H2,2-4H3,(H,40,46)(H,39,41,42)/t31-/m1/s1. The van der Waals surface area contributed by atoms with Gasteiger partial charge < -0.3 is 40.1 Å². The first-order valence-electron chi connectivity index (χ1n) is 18.1. The van der Waals surface area contributed by atoms with Crippen LogP contribution in [0.5, 0.6) is 5.75 Å². The monoisotopic (exact) mass is 674 g/mol. The molecule has 0 radical (unpaired) electrons. The number of fused-ring (bicyclic) bond motifs is 1. The second-order valence-corrected chi connectivity index (χ2v) is 13.2. The van der Waals surface area contributed by atoms with E-state index in [1.54, 1.807) is 37.4 Å². The topological polar surface area (TPSA) is 124 Å². The molecule has 2 aliphatic heterocycles. The number of piperidine rings is 1. The normalized spacial score (nSPS) is 18.7. The van der Waals surface area contributed by atoms with Crippen LogP contribution in [-0.4, -0.2) is 105 Å². The molecule has 0 bridgehead atoms. The molecule has 1 aromatic heterocycles. The van der Waals surface area contributed by atoms with Crippen molar-refractivity contribution in [1.29, 1.82) is 0 Å². The summed E-state index contributed by atoms with van der Waals surface area (Å²) in [5.74, 6) is 4.29. The lowest BCUT2D eigenvalue weighted by molar-refractivity contribution is -0.120. The number of nitrogens with one attached hydrogen (secondary N) is 3. The minimum atomic E-state index is -0.239. The van der Waals surface area contributed by atoms with E-state index in [0.29, 0.717) is 42.4 Å². The lowest BCUT2D eigenvalue weighted by Gasteiger charge is -2.43. The molecule has 5 rings (SSSR count). The van der Waals surface area contributed by atoms with Crippen LogP contribution in [0.2, 0.25) is 0 Å². The van der Waals surface area contributed by atoms with Crippen LogP contribution in [-0.2, 0) is 9.53 Å². The maximum absolute atomic E-state index is 13.3. The molecule has 12 nitrogen and oxygen atoms in total. The van der Waals surface area contributed by atoms with Crippen LogP contribution in [0, 0.1) is 12.3 Å². The van der Waals surface area contributed by atoms with Gasteiger partial charge in [0.15, 0.2) is 5.82 Å². The Balaban J connectivity index is 1.11. The molecule has 3 aliphatic rings. The number of nitrogens with zero attached hydrogens (tertiary/aromatic N) is 5. The van der Waals surface area contributed by atoms with Gasteiger partial charge in [-0.05, 0) is 82.8 Å². The fourth-order valence-electron chi connectivity index (χ4n) is 7.15. The number of methoxy groups -OCH3 is 1. The average molecular weight is 675 g/mol. The number of carbonyl (C=O) groups is 2. The van der Waals surface area contributed by atoms with Crippen molar-refractivity contribution in [2.75, 3.05) is 75.2 Å². The van der Waals surface area contributed by atoms with Crippen molar-refractivity contribution in [3.8, 4) is 18.1 Å². The van der Waals surface area contributed by atoms with E-state index in [2.05, 4.69) is 43.6 Å². The van der Waals surface area contributed by atoms with Crippen molar-refractivity contribution < 1.29 is 19.1 Å². The number of ether oxygens (including phenoxy) is 2. The first-order chi connectivity index (χ1) is 23.9. The molecule has 2 aromatic rings. The van der Waals surface area contributed by atoms with Gasteiger partial charge in [0.1, 0.15) is 17.5 Å². The number of amides is 2. The Morgan fingerprint density at radius 3 is 2.61 bits per heavy atom. The van der Waals surface area contributed by atoms with Gasteiger partial charge in [0.2, 0.25) is 11.9 Å². The Kier molecular flexibility index (Phi) is 13.5. The Bertz CT molecular complexity index is 1430. The van der Waals surface area contributed by atoms with Gasteiger partial charge in [0, 0.05) is 50.8 Å². The van der Waals surface area contributed by atoms with Gasteiger partial charge >= 0.3 is 0 Å². The van der Waals surface area contributed by atoms with E-state index in [9.17, 15) is 9.59 Å². The quantitative estimate of drug-likeness (QED) is 0.165. The minimum absolute atomic E-state index is 0.0850. The zero-order valence-electron chi connectivity index (χ0n) is 29.5. The van der Waals surface area contributed by atoms with Crippen molar-refractivity contribution in [2.24, 2.45) is 0 Å². The SMILES string of the molecule is C#CCCOCCCNCCCN1CCC(NC(=O)c2ccc(Nc3ncc4c(n3)N(C3CCCC3)[C@H](CC)C(=O)N4C)c(OC)c2)CC1. The summed E-state index contributed by atoms with van der Waals surface area (Å²) in [7, 11) is 3.39. The molecule has 3 heterocycles. The number of rotatable bonds is 17. The number of hydrogen-bond acceptors (Lipinski definition) is 10. The molecule has 0 unspecified atom stereocenters. The number of carbonyl (C=O) groups excluding carboxylic acids is 2. The maximum Gasteiger partial charge on any atom is 0.251 e. The van der Waals surface area contributed by atoms with E-state index in [1.165, 1.54) is 0 Å². The van der Waals surface area contributed by atoms with Crippen LogP contribution in [0.15, 0.2) is 24.4 Å². The summed E-state index contributed by atoms with van der Waals surface area (Å²) < 4.78 is 11.2. The van der Waals surface area contributed by atoms with E-state index < -0.39 is 0 Å². The molecule has 2 fully saturated rings. The van der Waals surface area contributed by atoms with Gasteiger partial charge in [0.25, 0.3) is 5.91 Å². The van der Waals surface area contributed by atoms with Crippen LogP contribution in [0.3, 0.4) is 0 Å². The lowest BCUT2D eigenvalue weighted by atomic mass is 10.0. The smallest absolute Gasteiger partial charge is 0.251 e. The van der Waals surface area contributed by atoms with Gasteiger partial charge in [-0.25, -0.2) is 4.98 Å². The Morgan fingerprint density at radius 2 is 1.88 bits per heavy atom. The fraction of sp³-hybridized carbons (Fsp3) is 0.622. The highest BCUT2D eigenvalue weighted by atomic mass is 16.5. The molecule has 1 saturated heterocycles. The molecule has 266 valence electrons. The number of likely N-dealkylation sites (N-methyl/N-ethyl adjacent to an activating group) is 1. The van der Waals surface area contributed by atoms with Crippen molar-refractivity contribution >= 4 is 35.0 Å². The highest BCUT2D eigenvalue weighted by Gasteiger charge is 2.41. The number of aromatic nitrogens is 2. The van der Waals surface area contributed by atoms with Gasteiger partial charge in [-0.3, -0.25) is 9.59 Å². The second-order valence-electron chi connectivity index (χ2n) is 13.2. The second kappa shape index (κ2) is 18.2. The number of benzene rings is 1. The number of anilines is 4. The van der Waals surface area contributed by atoms with Crippen LogP contribution in [0.25, 0.3) is 0 Å². The maximum atomic E-state index is 13.3. The fourth-order valence-corrected chi connectivity index (χ4v) is 7.15. The van der Waals surface area contributed by atoms with E-state index in [-0.39, 0.29) is 29.9 Å². The molecule has 1 saturated carbocycles. The van der Waals surface area contributed by atoms with Crippen molar-refractivity contribution in [3.05, 3.63) is 30.0 Å². The summed E-state index contributed by atoms with van der Waals surface area (Å²) in [6.07, 6.45) is 16.7. The van der Waals surface area contributed by atoms with Crippen molar-refractivity contribution in [1.82, 2.24) is 25.5 Å². The minimum Gasteiger partial charge on any atom is -0.495 e. The Morgan fingerprint density at radius 1 is 1.10 bits per heavy atom. The molecule has 1 atom stereocenters. The van der Waals surface area contributed by atoms with E-state index >= 15 is 0 Å². The average Bonchev–Trinajstić information content (AvgIpc) is 3.66. The van der Waals surface area contributed by atoms with Gasteiger partial charge in [-0.15, -0.1) is 12.3 Å². The molecule has 0 spiro atoms. The first-order valence-corrected chi connectivity index (χ1v) is 18.1. The van der Waals surface area contributed by atoms with Crippen LogP contribution in [0.4, 0.5) is 23.1 Å². The zero-order valence-corrected chi connectivity index (χ0v) is 29.5. The third kappa shape index (κ3) is 9.41. The van der Waals surface area contributed by atoms with Crippen LogP contribution < -0.4 is 30.5 Å². The van der Waals surface area contributed by atoms with Crippen LogP contribution in [0.1, 0.15) is 81.5 Å². The van der Waals surface area contributed by atoms with E-state index in [0.717, 1.165) is 102 Å². The zero-order chi connectivity index (χ0) is 34.6. The predicted molar refractivity (Wildman–Crippen MR) is 194 cm³/mol.